The van der Waals surface area contributed by atoms with E-state index < -0.39 is 12.0 Å². The number of fused-ring (bicyclic) bond motifs is 2. The minimum atomic E-state index is -0.669. The zero-order valence-electron chi connectivity index (χ0n) is 18.6. The van der Waals surface area contributed by atoms with E-state index in [1.165, 1.54) is 7.11 Å². The zero-order chi connectivity index (χ0) is 23.8. The summed E-state index contributed by atoms with van der Waals surface area (Å²) < 4.78 is 16.0. The second-order valence-electron chi connectivity index (χ2n) is 7.97. The van der Waals surface area contributed by atoms with Crippen molar-refractivity contribution < 1.29 is 23.5 Å². The molecule has 0 N–H and O–H groups in total. The fraction of sp³-hybridized carbons (Fsp3) is 0.148. The van der Waals surface area contributed by atoms with Gasteiger partial charge in [0.2, 0.25) is 5.76 Å². The van der Waals surface area contributed by atoms with Crippen LogP contribution in [-0.2, 0) is 11.3 Å². The Morgan fingerprint density at radius 3 is 2.32 bits per heavy atom. The summed E-state index contributed by atoms with van der Waals surface area (Å²) in [6.45, 7) is 0.256. The predicted molar refractivity (Wildman–Crippen MR) is 125 cm³/mol. The summed E-state index contributed by atoms with van der Waals surface area (Å²) in [5.74, 6) is -0.0807. The van der Waals surface area contributed by atoms with Gasteiger partial charge in [-0.05, 0) is 47.5 Å². The van der Waals surface area contributed by atoms with Gasteiger partial charge >= 0.3 is 5.97 Å². The van der Waals surface area contributed by atoms with E-state index in [-0.39, 0.29) is 23.6 Å². The number of rotatable bonds is 5. The molecule has 5 rings (SSSR count). The van der Waals surface area contributed by atoms with Crippen LogP contribution in [0.25, 0.3) is 11.0 Å². The first-order chi connectivity index (χ1) is 16.5. The average Bonchev–Trinajstić information content (AvgIpc) is 3.15. The van der Waals surface area contributed by atoms with Crippen LogP contribution in [-0.4, -0.2) is 31.0 Å². The maximum atomic E-state index is 13.5. The van der Waals surface area contributed by atoms with E-state index in [0.717, 1.165) is 5.56 Å². The molecule has 1 aliphatic heterocycles. The highest BCUT2D eigenvalue weighted by Crippen LogP contribution is 2.39. The van der Waals surface area contributed by atoms with E-state index in [9.17, 15) is 14.4 Å². The Balaban J connectivity index is 1.65. The van der Waals surface area contributed by atoms with Gasteiger partial charge in [0.05, 0.1) is 36.8 Å². The number of methoxy groups -OCH3 is 2. The lowest BCUT2D eigenvalue weighted by Crippen LogP contribution is -2.29. The maximum Gasteiger partial charge on any atom is 0.337 e. The van der Waals surface area contributed by atoms with Crippen LogP contribution >= 0.6 is 0 Å². The number of carbonyl (C=O) groups is 2. The summed E-state index contributed by atoms with van der Waals surface area (Å²) in [6.07, 6.45) is 0. The molecular formula is C27H21NO6. The van der Waals surface area contributed by atoms with Crippen LogP contribution in [0.2, 0.25) is 0 Å². The monoisotopic (exact) mass is 455 g/mol. The van der Waals surface area contributed by atoms with Crippen molar-refractivity contribution in [2.45, 2.75) is 12.6 Å². The van der Waals surface area contributed by atoms with E-state index in [0.29, 0.717) is 33.4 Å². The molecule has 3 aromatic carbocycles. The summed E-state index contributed by atoms with van der Waals surface area (Å²) in [4.78, 5) is 40.6. The van der Waals surface area contributed by atoms with Crippen LogP contribution in [0.3, 0.4) is 0 Å². The van der Waals surface area contributed by atoms with Crippen LogP contribution < -0.4 is 10.2 Å². The molecule has 170 valence electrons. The topological polar surface area (TPSA) is 86.0 Å². The van der Waals surface area contributed by atoms with Crippen LogP contribution in [0, 0.1) is 0 Å². The van der Waals surface area contributed by atoms with E-state index in [4.69, 9.17) is 13.9 Å². The third-order valence-electron chi connectivity index (χ3n) is 6.03. The van der Waals surface area contributed by atoms with E-state index in [2.05, 4.69) is 0 Å². The molecule has 2 heterocycles. The molecule has 0 aliphatic carbocycles. The second-order valence-corrected chi connectivity index (χ2v) is 7.97. The van der Waals surface area contributed by atoms with Gasteiger partial charge in [-0.25, -0.2) is 4.79 Å². The molecule has 0 radical (unpaired) electrons. The van der Waals surface area contributed by atoms with Crippen LogP contribution in [0.15, 0.2) is 82.0 Å². The van der Waals surface area contributed by atoms with Gasteiger partial charge in [0.1, 0.15) is 11.3 Å². The minimum absolute atomic E-state index is 0.0410. The molecule has 34 heavy (non-hydrogen) atoms. The van der Waals surface area contributed by atoms with Crippen molar-refractivity contribution in [3.8, 4) is 5.75 Å². The normalized spacial score (nSPS) is 14.8. The molecule has 1 aliphatic rings. The van der Waals surface area contributed by atoms with Gasteiger partial charge in [-0.2, -0.15) is 0 Å². The lowest BCUT2D eigenvalue weighted by molar-refractivity contribution is 0.0599. The van der Waals surface area contributed by atoms with Gasteiger partial charge in [-0.1, -0.05) is 36.4 Å². The van der Waals surface area contributed by atoms with Crippen molar-refractivity contribution in [2.75, 3.05) is 14.2 Å². The number of esters is 1. The smallest absolute Gasteiger partial charge is 0.337 e. The van der Waals surface area contributed by atoms with Gasteiger partial charge in [-0.3, -0.25) is 9.59 Å². The maximum absolute atomic E-state index is 13.5. The van der Waals surface area contributed by atoms with Gasteiger partial charge < -0.3 is 18.8 Å². The van der Waals surface area contributed by atoms with Gasteiger partial charge in [0.15, 0.2) is 5.43 Å². The first kappa shape index (κ1) is 21.5. The van der Waals surface area contributed by atoms with Crippen molar-refractivity contribution >= 4 is 22.8 Å². The number of amides is 1. The summed E-state index contributed by atoms with van der Waals surface area (Å²) in [5.41, 5.74) is 2.35. The SMILES string of the molecule is COC(=O)c1ccc([C@@H]2c3c(oc4ccccc4c3=O)C(=O)N2Cc2ccc(OC)cc2)cc1. The Labute approximate surface area is 195 Å². The largest absolute Gasteiger partial charge is 0.497 e. The Kier molecular flexibility index (Phi) is 5.37. The first-order valence-corrected chi connectivity index (χ1v) is 10.7. The predicted octanol–water partition coefficient (Wildman–Crippen LogP) is 4.33. The van der Waals surface area contributed by atoms with Crippen molar-refractivity contribution in [3.05, 3.63) is 111 Å². The first-order valence-electron chi connectivity index (χ1n) is 10.7. The fourth-order valence-corrected chi connectivity index (χ4v) is 4.32. The zero-order valence-corrected chi connectivity index (χ0v) is 18.6. The molecule has 4 aromatic rings. The molecule has 7 nitrogen and oxygen atoms in total. The van der Waals surface area contributed by atoms with Crippen molar-refractivity contribution in [2.24, 2.45) is 0 Å². The van der Waals surface area contributed by atoms with Crippen molar-refractivity contribution in [3.63, 3.8) is 0 Å². The van der Waals surface area contributed by atoms with Crippen molar-refractivity contribution in [1.82, 2.24) is 4.90 Å². The van der Waals surface area contributed by atoms with E-state index >= 15 is 0 Å². The number of nitrogens with zero attached hydrogens (tertiary/aromatic N) is 1. The highest BCUT2D eigenvalue weighted by molar-refractivity contribution is 5.99. The number of benzene rings is 3. The molecular weight excluding hydrogens is 434 g/mol. The summed E-state index contributed by atoms with van der Waals surface area (Å²) in [5, 5.41) is 0.413. The fourth-order valence-electron chi connectivity index (χ4n) is 4.32. The lowest BCUT2D eigenvalue weighted by atomic mass is 9.97. The molecule has 0 saturated heterocycles. The summed E-state index contributed by atoms with van der Waals surface area (Å²) >= 11 is 0. The summed E-state index contributed by atoms with van der Waals surface area (Å²) in [7, 11) is 2.90. The average molecular weight is 455 g/mol. The number of ether oxygens (including phenoxy) is 2. The number of hydrogen-bond acceptors (Lipinski definition) is 6. The number of carbonyl (C=O) groups excluding carboxylic acids is 2. The van der Waals surface area contributed by atoms with Gasteiger partial charge in [0.25, 0.3) is 5.91 Å². The molecule has 0 fully saturated rings. The highest BCUT2D eigenvalue weighted by atomic mass is 16.5. The van der Waals surface area contributed by atoms with Crippen molar-refractivity contribution in [1.29, 1.82) is 0 Å². The number of hydrogen-bond donors (Lipinski definition) is 0. The second kappa shape index (κ2) is 8.51. The molecule has 1 amide bonds. The van der Waals surface area contributed by atoms with Crippen LogP contribution in [0.1, 0.15) is 43.6 Å². The standard InChI is InChI=1S/C27H21NO6/c1-32-19-13-7-16(8-14-19)15-28-23(17-9-11-18(12-10-17)27(31)33-2)22-24(29)20-5-3-4-6-21(20)34-25(22)26(28)30/h3-14,23H,15H2,1-2H3/t23-/m1/s1. The molecule has 1 atom stereocenters. The van der Waals surface area contributed by atoms with Crippen LogP contribution in [0.4, 0.5) is 0 Å². The third kappa shape index (κ3) is 3.51. The Bertz CT molecular complexity index is 1450. The van der Waals surface area contributed by atoms with Gasteiger partial charge in [0, 0.05) is 6.54 Å². The number of para-hydroxylation sites is 1. The Morgan fingerprint density at radius 2 is 1.65 bits per heavy atom. The molecule has 0 unspecified atom stereocenters. The van der Waals surface area contributed by atoms with Crippen LogP contribution in [0.5, 0.6) is 5.75 Å². The van der Waals surface area contributed by atoms with E-state index in [1.54, 1.807) is 60.5 Å². The molecule has 1 aromatic heterocycles. The summed E-state index contributed by atoms with van der Waals surface area (Å²) in [6, 6.07) is 20.3. The molecule has 7 heteroatoms. The Morgan fingerprint density at radius 1 is 0.941 bits per heavy atom. The lowest BCUT2D eigenvalue weighted by Gasteiger charge is -2.25. The highest BCUT2D eigenvalue weighted by Gasteiger charge is 2.42. The molecule has 0 saturated carbocycles. The quantitative estimate of drug-likeness (QED) is 0.416. The molecule has 0 spiro atoms. The van der Waals surface area contributed by atoms with Gasteiger partial charge in [-0.15, -0.1) is 0 Å². The minimum Gasteiger partial charge on any atom is -0.497 e. The third-order valence-corrected chi connectivity index (χ3v) is 6.03. The van der Waals surface area contributed by atoms with E-state index in [1.807, 2.05) is 24.3 Å². The Hall–Kier alpha value is -4.39. The molecule has 0 bridgehead atoms.